The van der Waals surface area contributed by atoms with Gasteiger partial charge in [0.05, 0.1) is 0 Å². The molecule has 0 spiro atoms. The summed E-state index contributed by atoms with van der Waals surface area (Å²) in [7, 11) is 0. The molecule has 0 saturated heterocycles. The van der Waals surface area contributed by atoms with Crippen molar-refractivity contribution in [2.24, 2.45) is 0 Å². The van der Waals surface area contributed by atoms with E-state index in [4.69, 9.17) is 5.73 Å². The van der Waals surface area contributed by atoms with Crippen molar-refractivity contribution in [3.05, 3.63) is 41.1 Å². The lowest BCUT2D eigenvalue weighted by Crippen LogP contribution is -2.15. The number of nitrogen functional groups attached to an aromatic ring is 1. The third-order valence-corrected chi connectivity index (χ3v) is 2.37. The highest BCUT2D eigenvalue weighted by molar-refractivity contribution is 6.03. The predicted molar refractivity (Wildman–Crippen MR) is 62.0 cm³/mol. The molecule has 5 nitrogen and oxygen atoms in total. The fourth-order valence-corrected chi connectivity index (χ4v) is 1.41. The molecule has 2 rings (SSSR count). The fraction of sp³-hybridized carbons (Fsp3) is 0.0909. The zero-order valence-corrected chi connectivity index (χ0v) is 9.42. The molecule has 0 aliphatic heterocycles. The van der Waals surface area contributed by atoms with Gasteiger partial charge < -0.3 is 11.1 Å². The molecule has 0 aliphatic rings. The Balaban J connectivity index is 2.30. The van der Waals surface area contributed by atoms with Gasteiger partial charge >= 0.3 is 0 Å². The molecule has 0 fully saturated rings. The number of aromatic amines is 1. The van der Waals surface area contributed by atoms with Gasteiger partial charge in [-0.1, -0.05) is 6.07 Å². The second kappa shape index (κ2) is 4.44. The second-order valence-corrected chi connectivity index (χ2v) is 3.71. The highest BCUT2D eigenvalue weighted by Crippen LogP contribution is 2.22. The first-order valence-corrected chi connectivity index (χ1v) is 5.06. The number of halogens is 2. The van der Waals surface area contributed by atoms with Crippen LogP contribution in [-0.4, -0.2) is 16.1 Å². The Labute approximate surface area is 101 Å². The number of rotatable bonds is 2. The fourth-order valence-electron chi connectivity index (χ4n) is 1.41. The lowest BCUT2D eigenvalue weighted by molar-refractivity contribution is 0.102. The van der Waals surface area contributed by atoms with Crippen molar-refractivity contribution in [3.8, 4) is 0 Å². The highest BCUT2D eigenvalue weighted by Gasteiger charge is 2.16. The van der Waals surface area contributed by atoms with Crippen LogP contribution in [0.1, 0.15) is 16.1 Å². The number of aryl methyl sites for hydroxylation is 1. The van der Waals surface area contributed by atoms with Gasteiger partial charge in [0.1, 0.15) is 23.0 Å². The lowest BCUT2D eigenvalue weighted by Gasteiger charge is -2.08. The van der Waals surface area contributed by atoms with E-state index in [9.17, 15) is 13.6 Å². The molecule has 1 aromatic carbocycles. The minimum Gasteiger partial charge on any atom is -0.382 e. The standard InChI is InChI=1S/C11H10F2N4O/c1-5-2-3-6(12)10(9(5)13)15-11(18)7-4-8(14)17-16-7/h2-4H,1H3,(H,15,18)(H3,14,16,17). The highest BCUT2D eigenvalue weighted by atomic mass is 19.1. The van der Waals surface area contributed by atoms with Gasteiger partial charge in [0.15, 0.2) is 5.82 Å². The maximum Gasteiger partial charge on any atom is 0.273 e. The Morgan fingerprint density at radius 1 is 1.44 bits per heavy atom. The number of nitrogens with one attached hydrogen (secondary N) is 2. The first-order valence-electron chi connectivity index (χ1n) is 5.06. The number of nitrogens with zero attached hydrogens (tertiary/aromatic N) is 1. The summed E-state index contributed by atoms with van der Waals surface area (Å²) in [4.78, 5) is 11.7. The Kier molecular flexibility index (Phi) is 2.97. The molecule has 1 heterocycles. The van der Waals surface area contributed by atoms with E-state index in [1.54, 1.807) is 0 Å². The van der Waals surface area contributed by atoms with E-state index in [-0.39, 0.29) is 17.1 Å². The van der Waals surface area contributed by atoms with Crippen LogP contribution in [0.5, 0.6) is 0 Å². The molecule has 94 valence electrons. The summed E-state index contributed by atoms with van der Waals surface area (Å²) in [6.45, 7) is 1.47. The van der Waals surface area contributed by atoms with Crippen LogP contribution in [0.3, 0.4) is 0 Å². The van der Waals surface area contributed by atoms with Crippen molar-refractivity contribution in [2.75, 3.05) is 11.1 Å². The molecule has 0 saturated carbocycles. The van der Waals surface area contributed by atoms with Crippen LogP contribution in [0, 0.1) is 18.6 Å². The molecule has 1 aromatic heterocycles. The van der Waals surface area contributed by atoms with E-state index < -0.39 is 23.2 Å². The maximum atomic E-state index is 13.6. The number of carbonyl (C=O) groups is 1. The smallest absolute Gasteiger partial charge is 0.273 e. The van der Waals surface area contributed by atoms with Crippen LogP contribution in [0.15, 0.2) is 18.2 Å². The number of hydrogen-bond donors (Lipinski definition) is 3. The topological polar surface area (TPSA) is 83.8 Å². The van der Waals surface area contributed by atoms with Crippen LogP contribution < -0.4 is 11.1 Å². The molecule has 2 aromatic rings. The van der Waals surface area contributed by atoms with E-state index in [2.05, 4.69) is 15.5 Å². The molecule has 0 atom stereocenters. The molecular formula is C11H10F2N4O. The van der Waals surface area contributed by atoms with Gasteiger partial charge in [-0.3, -0.25) is 9.89 Å². The number of nitrogens with two attached hydrogens (primary N) is 1. The zero-order valence-electron chi connectivity index (χ0n) is 9.42. The number of amides is 1. The van der Waals surface area contributed by atoms with Gasteiger partial charge in [0.25, 0.3) is 5.91 Å². The average Bonchev–Trinajstić information content (AvgIpc) is 2.76. The molecule has 0 aliphatic carbocycles. The first kappa shape index (κ1) is 12.0. The Bertz CT molecular complexity index is 609. The van der Waals surface area contributed by atoms with E-state index in [1.807, 2.05) is 0 Å². The van der Waals surface area contributed by atoms with Crippen LogP contribution in [0.25, 0.3) is 0 Å². The van der Waals surface area contributed by atoms with Crippen molar-refractivity contribution in [1.82, 2.24) is 10.2 Å². The van der Waals surface area contributed by atoms with Crippen molar-refractivity contribution >= 4 is 17.4 Å². The summed E-state index contributed by atoms with van der Waals surface area (Å²) in [6, 6.07) is 3.63. The Morgan fingerprint density at radius 2 is 2.17 bits per heavy atom. The second-order valence-electron chi connectivity index (χ2n) is 3.71. The molecule has 0 bridgehead atoms. The molecule has 7 heteroatoms. The summed E-state index contributed by atoms with van der Waals surface area (Å²) < 4.78 is 27.0. The summed E-state index contributed by atoms with van der Waals surface area (Å²) in [6.07, 6.45) is 0. The van der Waals surface area contributed by atoms with Gasteiger partial charge in [-0.25, -0.2) is 8.78 Å². The third kappa shape index (κ3) is 2.15. The van der Waals surface area contributed by atoms with Crippen molar-refractivity contribution < 1.29 is 13.6 Å². The number of H-pyrrole nitrogens is 1. The van der Waals surface area contributed by atoms with Crippen LogP contribution in [0.2, 0.25) is 0 Å². The molecule has 18 heavy (non-hydrogen) atoms. The number of anilines is 2. The minimum absolute atomic E-state index is 0.0211. The molecule has 4 N–H and O–H groups in total. The van der Waals surface area contributed by atoms with Crippen LogP contribution in [0.4, 0.5) is 20.3 Å². The van der Waals surface area contributed by atoms with Gasteiger partial charge in [0.2, 0.25) is 0 Å². The zero-order chi connectivity index (χ0) is 13.3. The Hall–Kier alpha value is -2.44. The normalized spacial score (nSPS) is 10.4. The van der Waals surface area contributed by atoms with Crippen molar-refractivity contribution in [2.45, 2.75) is 6.92 Å². The van der Waals surface area contributed by atoms with Gasteiger partial charge in [-0.05, 0) is 18.6 Å². The van der Waals surface area contributed by atoms with Gasteiger partial charge in [-0.15, -0.1) is 0 Å². The Morgan fingerprint density at radius 3 is 2.78 bits per heavy atom. The third-order valence-electron chi connectivity index (χ3n) is 2.37. The lowest BCUT2D eigenvalue weighted by atomic mass is 10.2. The SMILES string of the molecule is Cc1ccc(F)c(NC(=O)c2cc(N)n[nH]2)c1F. The van der Waals surface area contributed by atoms with E-state index in [0.717, 1.165) is 6.07 Å². The van der Waals surface area contributed by atoms with Crippen molar-refractivity contribution in [3.63, 3.8) is 0 Å². The first-order chi connectivity index (χ1) is 8.49. The largest absolute Gasteiger partial charge is 0.382 e. The summed E-state index contributed by atoms with van der Waals surface area (Å²) in [5.74, 6) is -2.26. The minimum atomic E-state index is -0.848. The predicted octanol–water partition coefficient (Wildman–Crippen LogP) is 1.83. The summed E-state index contributed by atoms with van der Waals surface area (Å²) in [5, 5.41) is 8.03. The summed E-state index contributed by atoms with van der Waals surface area (Å²) in [5.41, 5.74) is 5.08. The number of carbonyl (C=O) groups excluding carboxylic acids is 1. The maximum absolute atomic E-state index is 13.6. The molecule has 1 amide bonds. The molecule has 0 radical (unpaired) electrons. The number of hydrogen-bond acceptors (Lipinski definition) is 3. The van der Waals surface area contributed by atoms with Crippen LogP contribution >= 0.6 is 0 Å². The quantitative estimate of drug-likeness (QED) is 0.762. The van der Waals surface area contributed by atoms with E-state index >= 15 is 0 Å². The van der Waals surface area contributed by atoms with Crippen molar-refractivity contribution in [1.29, 1.82) is 0 Å². The summed E-state index contributed by atoms with van der Waals surface area (Å²) >= 11 is 0. The molecule has 0 unspecified atom stereocenters. The van der Waals surface area contributed by atoms with Gasteiger partial charge in [-0.2, -0.15) is 5.10 Å². The average molecular weight is 252 g/mol. The number of aromatic nitrogens is 2. The van der Waals surface area contributed by atoms with Gasteiger partial charge in [0, 0.05) is 6.07 Å². The van der Waals surface area contributed by atoms with Crippen LogP contribution in [-0.2, 0) is 0 Å². The van der Waals surface area contributed by atoms with E-state index in [0.29, 0.717) is 0 Å². The van der Waals surface area contributed by atoms with E-state index in [1.165, 1.54) is 19.1 Å². The monoisotopic (exact) mass is 252 g/mol. The number of benzene rings is 1. The molecular weight excluding hydrogens is 242 g/mol.